The third-order valence-electron chi connectivity index (χ3n) is 3.38. The molecule has 2 nitrogen and oxygen atoms in total. The summed E-state index contributed by atoms with van der Waals surface area (Å²) in [6.45, 7) is 10.5. The molecule has 0 aromatic rings. The third-order valence-corrected chi connectivity index (χ3v) is 5.29. The molecule has 4 heteroatoms. The van der Waals surface area contributed by atoms with Crippen LogP contribution in [0.4, 0.5) is 0 Å². The van der Waals surface area contributed by atoms with E-state index in [2.05, 4.69) is 27.7 Å². The molecule has 2 atom stereocenters. The molecule has 18 heavy (non-hydrogen) atoms. The van der Waals surface area contributed by atoms with Gasteiger partial charge in [0.25, 0.3) is 0 Å². The molecule has 0 aliphatic carbocycles. The third kappa shape index (κ3) is 6.18. The first-order chi connectivity index (χ1) is 8.36. The Morgan fingerprint density at radius 2 is 1.56 bits per heavy atom. The lowest BCUT2D eigenvalue weighted by Crippen LogP contribution is -2.32. The fraction of sp³-hybridized carbons (Fsp3) is 1.00. The average Bonchev–Trinajstić information content (AvgIpc) is 3.08. The van der Waals surface area contributed by atoms with Crippen LogP contribution in [0.1, 0.15) is 40.5 Å². The number of ether oxygens (including phenoxy) is 2. The largest absolute Gasteiger partial charge is 0.375 e. The fourth-order valence-corrected chi connectivity index (χ4v) is 3.09. The molecule has 0 radical (unpaired) electrons. The Morgan fingerprint density at radius 3 is 2.11 bits per heavy atom. The van der Waals surface area contributed by atoms with Crippen molar-refractivity contribution in [2.24, 2.45) is 0 Å². The topological polar surface area (TPSA) is 18.5 Å². The second-order valence-corrected chi connectivity index (χ2v) is 9.21. The Kier molecular flexibility index (Phi) is 4.96. The van der Waals surface area contributed by atoms with Gasteiger partial charge in [0.15, 0.2) is 0 Å². The molecular weight excluding hydrogens is 264 g/mol. The zero-order valence-electron chi connectivity index (χ0n) is 12.0. The Hall–Kier alpha value is 0.620. The van der Waals surface area contributed by atoms with E-state index < -0.39 is 0 Å². The summed E-state index contributed by atoms with van der Waals surface area (Å²) in [6, 6.07) is 0. The van der Waals surface area contributed by atoms with Gasteiger partial charge in [0.05, 0.1) is 24.4 Å². The molecule has 0 aromatic carbocycles. The van der Waals surface area contributed by atoms with Crippen LogP contribution in [0.25, 0.3) is 0 Å². The predicted octanol–water partition coefficient (Wildman–Crippen LogP) is 3.59. The molecule has 0 spiro atoms. The quantitative estimate of drug-likeness (QED) is 0.604. The van der Waals surface area contributed by atoms with Gasteiger partial charge < -0.3 is 9.47 Å². The van der Waals surface area contributed by atoms with E-state index in [0.717, 1.165) is 30.1 Å². The zero-order chi connectivity index (χ0) is 13.2. The standard InChI is InChI=1S/C14H26O2S2/c1-13(2,16-8-12-10-18-12)5-6-15-14(3,4)7-11-9-17-11/h11-12H,5-10H2,1-4H3. The van der Waals surface area contributed by atoms with Crippen molar-refractivity contribution in [1.82, 2.24) is 0 Å². The molecule has 106 valence electrons. The predicted molar refractivity (Wildman–Crippen MR) is 81.8 cm³/mol. The first-order valence-corrected chi connectivity index (χ1v) is 8.97. The summed E-state index contributed by atoms with van der Waals surface area (Å²) < 4.78 is 12.0. The maximum Gasteiger partial charge on any atom is 0.0649 e. The normalized spacial score (nSPS) is 27.3. The van der Waals surface area contributed by atoms with E-state index in [9.17, 15) is 0 Å². The summed E-state index contributed by atoms with van der Waals surface area (Å²) in [4.78, 5) is 0. The van der Waals surface area contributed by atoms with Crippen molar-refractivity contribution in [1.29, 1.82) is 0 Å². The van der Waals surface area contributed by atoms with Crippen molar-refractivity contribution in [2.75, 3.05) is 24.7 Å². The fourth-order valence-electron chi connectivity index (χ4n) is 1.92. The number of thioether (sulfide) groups is 2. The molecule has 2 saturated heterocycles. The summed E-state index contributed by atoms with van der Waals surface area (Å²) >= 11 is 4.04. The van der Waals surface area contributed by atoms with Crippen molar-refractivity contribution in [3.63, 3.8) is 0 Å². The molecular formula is C14H26O2S2. The molecule has 0 saturated carbocycles. The summed E-state index contributed by atoms with van der Waals surface area (Å²) in [5.74, 6) is 2.60. The molecule has 2 unspecified atom stereocenters. The van der Waals surface area contributed by atoms with Crippen LogP contribution in [0, 0.1) is 0 Å². The summed E-state index contributed by atoms with van der Waals surface area (Å²) in [6.07, 6.45) is 2.16. The lowest BCUT2D eigenvalue weighted by Gasteiger charge is -2.29. The molecule has 2 aliphatic heterocycles. The van der Waals surface area contributed by atoms with E-state index >= 15 is 0 Å². The highest BCUT2D eigenvalue weighted by Crippen LogP contribution is 2.38. The maximum atomic E-state index is 6.04. The van der Waals surface area contributed by atoms with Crippen LogP contribution < -0.4 is 0 Å². The van der Waals surface area contributed by atoms with E-state index in [-0.39, 0.29) is 11.2 Å². The molecule has 0 N–H and O–H groups in total. The van der Waals surface area contributed by atoms with Crippen molar-refractivity contribution >= 4 is 23.5 Å². The van der Waals surface area contributed by atoms with Gasteiger partial charge in [-0.3, -0.25) is 0 Å². The number of rotatable bonds is 9. The minimum Gasteiger partial charge on any atom is -0.375 e. The smallest absolute Gasteiger partial charge is 0.0649 e. The highest BCUT2D eigenvalue weighted by molar-refractivity contribution is 8.07. The molecule has 2 fully saturated rings. The van der Waals surface area contributed by atoms with Gasteiger partial charge in [-0.25, -0.2) is 0 Å². The first-order valence-electron chi connectivity index (χ1n) is 6.87. The van der Waals surface area contributed by atoms with Crippen molar-refractivity contribution in [3.8, 4) is 0 Å². The van der Waals surface area contributed by atoms with Gasteiger partial charge in [-0.1, -0.05) is 0 Å². The van der Waals surface area contributed by atoms with E-state index in [1.165, 1.54) is 17.9 Å². The molecule has 0 amide bonds. The monoisotopic (exact) mass is 290 g/mol. The zero-order valence-corrected chi connectivity index (χ0v) is 13.7. The van der Waals surface area contributed by atoms with E-state index in [1.54, 1.807) is 0 Å². The second kappa shape index (κ2) is 5.94. The molecule has 2 rings (SSSR count). The molecule has 0 aromatic heterocycles. The van der Waals surface area contributed by atoms with Crippen molar-refractivity contribution < 1.29 is 9.47 Å². The van der Waals surface area contributed by atoms with Crippen molar-refractivity contribution in [3.05, 3.63) is 0 Å². The second-order valence-electron chi connectivity index (χ2n) is 6.54. The highest BCUT2D eigenvalue weighted by Gasteiger charge is 2.32. The molecule has 0 bridgehead atoms. The summed E-state index contributed by atoms with van der Waals surface area (Å²) in [5, 5.41) is 1.60. The van der Waals surface area contributed by atoms with Crippen molar-refractivity contribution in [2.45, 2.75) is 62.2 Å². The van der Waals surface area contributed by atoms with Gasteiger partial charge in [0.2, 0.25) is 0 Å². The Bertz CT molecular complexity index is 271. The van der Waals surface area contributed by atoms with Crippen LogP contribution in [0.3, 0.4) is 0 Å². The SMILES string of the molecule is CC(C)(CCOC(C)(C)CC1CS1)OCC1CS1. The van der Waals surface area contributed by atoms with Gasteiger partial charge in [0, 0.05) is 22.0 Å². The van der Waals surface area contributed by atoms with Gasteiger partial charge in [-0.15, -0.1) is 0 Å². The van der Waals surface area contributed by atoms with E-state index in [1.807, 2.05) is 23.5 Å². The first kappa shape index (κ1) is 15.0. The minimum absolute atomic E-state index is 0.0244. The van der Waals surface area contributed by atoms with Gasteiger partial charge in [-0.05, 0) is 40.5 Å². The minimum atomic E-state index is -0.0481. The lowest BCUT2D eigenvalue weighted by molar-refractivity contribution is -0.0717. The highest BCUT2D eigenvalue weighted by atomic mass is 32.2. The Morgan fingerprint density at radius 1 is 0.944 bits per heavy atom. The summed E-state index contributed by atoms with van der Waals surface area (Å²) in [5.41, 5.74) is -0.0237. The maximum absolute atomic E-state index is 6.04. The van der Waals surface area contributed by atoms with E-state index in [0.29, 0.717) is 0 Å². The van der Waals surface area contributed by atoms with Crippen LogP contribution in [0.15, 0.2) is 0 Å². The van der Waals surface area contributed by atoms with Gasteiger partial charge in [0.1, 0.15) is 0 Å². The van der Waals surface area contributed by atoms with Crippen LogP contribution in [0.2, 0.25) is 0 Å². The van der Waals surface area contributed by atoms with Crippen LogP contribution >= 0.6 is 23.5 Å². The van der Waals surface area contributed by atoms with Crippen LogP contribution in [-0.4, -0.2) is 46.4 Å². The molecule has 2 heterocycles. The van der Waals surface area contributed by atoms with Crippen LogP contribution in [0.5, 0.6) is 0 Å². The molecule has 2 aliphatic rings. The summed E-state index contributed by atoms with van der Waals surface area (Å²) in [7, 11) is 0. The van der Waals surface area contributed by atoms with Gasteiger partial charge >= 0.3 is 0 Å². The number of hydrogen-bond donors (Lipinski definition) is 0. The van der Waals surface area contributed by atoms with E-state index in [4.69, 9.17) is 9.47 Å². The Labute approximate surface area is 120 Å². The average molecular weight is 290 g/mol. The lowest BCUT2D eigenvalue weighted by atomic mass is 10.0. The van der Waals surface area contributed by atoms with Crippen LogP contribution in [-0.2, 0) is 9.47 Å². The van der Waals surface area contributed by atoms with Gasteiger partial charge in [-0.2, -0.15) is 23.5 Å². The Balaban J connectivity index is 1.59. The number of hydrogen-bond acceptors (Lipinski definition) is 4.